The second kappa shape index (κ2) is 8.55. The van der Waals surface area contributed by atoms with Crippen molar-refractivity contribution in [3.63, 3.8) is 0 Å². The maximum Gasteiger partial charge on any atom is 0.262 e. The van der Waals surface area contributed by atoms with E-state index in [-0.39, 0.29) is 35.6 Å². The first-order valence-electron chi connectivity index (χ1n) is 10.4. The summed E-state index contributed by atoms with van der Waals surface area (Å²) in [4.78, 5) is 46.9. The van der Waals surface area contributed by atoms with Gasteiger partial charge in [-0.05, 0) is 31.2 Å². The third kappa shape index (κ3) is 4.00. The third-order valence-electron chi connectivity index (χ3n) is 5.38. The summed E-state index contributed by atoms with van der Waals surface area (Å²) in [5, 5.41) is 7.84. The maximum absolute atomic E-state index is 13.2. The van der Waals surface area contributed by atoms with E-state index in [0.717, 1.165) is 17.4 Å². The van der Waals surface area contributed by atoms with Crippen molar-refractivity contribution < 1.29 is 9.59 Å². The molecule has 0 saturated carbocycles. The Morgan fingerprint density at radius 3 is 2.70 bits per heavy atom. The van der Waals surface area contributed by atoms with Gasteiger partial charge in [0.1, 0.15) is 5.39 Å². The molecule has 9 nitrogen and oxygen atoms in total. The molecule has 2 amide bonds. The van der Waals surface area contributed by atoms with Crippen molar-refractivity contribution >= 4 is 46.0 Å². The summed E-state index contributed by atoms with van der Waals surface area (Å²) in [5.74, 6) is -0.278. The van der Waals surface area contributed by atoms with Gasteiger partial charge in [0.2, 0.25) is 11.8 Å². The normalized spacial score (nSPS) is 15.7. The molecular weight excluding hydrogens is 440 g/mol. The number of benzene rings is 2. The van der Waals surface area contributed by atoms with Crippen LogP contribution in [0.2, 0.25) is 0 Å². The number of anilines is 2. The fourth-order valence-corrected chi connectivity index (χ4v) is 4.61. The molecule has 2 N–H and O–H groups in total. The van der Waals surface area contributed by atoms with E-state index >= 15 is 0 Å². The number of carbonyl (C=O) groups excluding carboxylic acids is 2. The van der Waals surface area contributed by atoms with Gasteiger partial charge in [0.25, 0.3) is 5.56 Å². The lowest BCUT2D eigenvalue weighted by Crippen LogP contribution is -2.40. The smallest absolute Gasteiger partial charge is 0.262 e. The number of aromatic amines is 1. The van der Waals surface area contributed by atoms with Gasteiger partial charge in [-0.1, -0.05) is 42.1 Å². The molecule has 2 aromatic carbocycles. The molecule has 1 aliphatic rings. The predicted molar refractivity (Wildman–Crippen MR) is 127 cm³/mol. The van der Waals surface area contributed by atoms with Crippen molar-refractivity contribution in [2.45, 2.75) is 24.5 Å². The number of nitrogens with zero attached hydrogens (tertiary/aromatic N) is 4. The van der Waals surface area contributed by atoms with Crippen LogP contribution in [0.25, 0.3) is 16.7 Å². The van der Waals surface area contributed by atoms with Crippen molar-refractivity contribution in [2.24, 2.45) is 0 Å². The first-order valence-corrected chi connectivity index (χ1v) is 11.4. The number of hydrogen-bond donors (Lipinski definition) is 2. The van der Waals surface area contributed by atoms with Gasteiger partial charge in [0.15, 0.2) is 10.8 Å². The van der Waals surface area contributed by atoms with Crippen molar-refractivity contribution in [1.82, 2.24) is 19.7 Å². The zero-order chi connectivity index (χ0) is 22.9. The molecule has 10 heteroatoms. The number of amides is 2. The Bertz CT molecular complexity index is 1410. The minimum Gasteiger partial charge on any atom is -0.324 e. The van der Waals surface area contributed by atoms with Crippen LogP contribution in [0, 0.1) is 0 Å². The summed E-state index contributed by atoms with van der Waals surface area (Å²) >= 11 is 1.14. The van der Waals surface area contributed by atoms with Crippen LogP contribution in [0.15, 0.2) is 70.7 Å². The number of carbonyl (C=O) groups is 2. The standard InChI is InChI=1S/C23H20N6O3S/c1-14-11-19(30)25-17-9-5-6-10-18(17)28(14)20(31)13-33-23-26-21-16(22(32)27-23)12-24-29(21)15-7-3-2-4-8-15/h2-10,12,14H,11,13H2,1H3,(H,25,30)(H,26,27,32)/t14-/m1/s1. The van der Waals surface area contributed by atoms with Crippen LogP contribution in [0.1, 0.15) is 13.3 Å². The fourth-order valence-electron chi connectivity index (χ4n) is 3.89. The van der Waals surface area contributed by atoms with E-state index in [0.29, 0.717) is 27.6 Å². The zero-order valence-electron chi connectivity index (χ0n) is 17.7. The Kier molecular flexibility index (Phi) is 5.43. The molecule has 33 heavy (non-hydrogen) atoms. The molecule has 0 bridgehead atoms. The molecule has 1 aliphatic heterocycles. The van der Waals surface area contributed by atoms with Gasteiger partial charge in [-0.2, -0.15) is 5.10 Å². The Labute approximate surface area is 192 Å². The summed E-state index contributed by atoms with van der Waals surface area (Å²) < 4.78 is 1.60. The largest absolute Gasteiger partial charge is 0.324 e. The number of fused-ring (bicyclic) bond motifs is 2. The zero-order valence-corrected chi connectivity index (χ0v) is 18.5. The third-order valence-corrected chi connectivity index (χ3v) is 6.24. The van der Waals surface area contributed by atoms with Gasteiger partial charge in [-0.15, -0.1) is 0 Å². The van der Waals surface area contributed by atoms with E-state index in [1.54, 1.807) is 15.6 Å². The van der Waals surface area contributed by atoms with E-state index in [9.17, 15) is 14.4 Å². The monoisotopic (exact) mass is 460 g/mol. The van der Waals surface area contributed by atoms with Crippen LogP contribution in [-0.4, -0.2) is 43.4 Å². The molecule has 0 unspecified atom stereocenters. The van der Waals surface area contributed by atoms with Gasteiger partial charge >= 0.3 is 0 Å². The first kappa shape index (κ1) is 21.0. The van der Waals surface area contributed by atoms with Gasteiger partial charge in [0.05, 0.1) is 29.0 Å². The molecule has 166 valence electrons. The van der Waals surface area contributed by atoms with E-state index < -0.39 is 0 Å². The Morgan fingerprint density at radius 2 is 1.88 bits per heavy atom. The molecule has 0 radical (unpaired) electrons. The summed E-state index contributed by atoms with van der Waals surface area (Å²) in [5.41, 5.74) is 2.14. The van der Waals surface area contributed by atoms with Crippen LogP contribution in [0.3, 0.4) is 0 Å². The molecular formula is C23H20N6O3S. The van der Waals surface area contributed by atoms with Crippen molar-refractivity contribution in [3.8, 4) is 5.69 Å². The lowest BCUT2D eigenvalue weighted by Gasteiger charge is -2.27. The highest BCUT2D eigenvalue weighted by Gasteiger charge is 2.29. The lowest BCUT2D eigenvalue weighted by molar-refractivity contribution is -0.117. The number of hydrogen-bond acceptors (Lipinski definition) is 6. The Hall–Kier alpha value is -3.92. The van der Waals surface area contributed by atoms with Crippen molar-refractivity contribution in [1.29, 1.82) is 0 Å². The van der Waals surface area contributed by atoms with Crippen LogP contribution < -0.4 is 15.8 Å². The number of para-hydroxylation sites is 3. The van der Waals surface area contributed by atoms with Crippen LogP contribution >= 0.6 is 11.8 Å². The fraction of sp³-hybridized carbons (Fsp3) is 0.174. The molecule has 3 heterocycles. The number of rotatable bonds is 4. The number of thioether (sulfide) groups is 1. The maximum atomic E-state index is 13.2. The highest BCUT2D eigenvalue weighted by molar-refractivity contribution is 7.99. The SMILES string of the molecule is C[C@@H]1CC(=O)Nc2ccccc2N1C(=O)CSc1nc2c(cnn2-c2ccccc2)c(=O)[nH]1. The average Bonchev–Trinajstić information content (AvgIpc) is 3.18. The van der Waals surface area contributed by atoms with E-state index in [2.05, 4.69) is 20.4 Å². The summed E-state index contributed by atoms with van der Waals surface area (Å²) in [7, 11) is 0. The van der Waals surface area contributed by atoms with Crippen LogP contribution in [-0.2, 0) is 9.59 Å². The molecule has 2 aromatic heterocycles. The average molecular weight is 461 g/mol. The van der Waals surface area contributed by atoms with Gasteiger partial charge in [-0.25, -0.2) is 9.67 Å². The lowest BCUT2D eigenvalue weighted by atomic mass is 10.2. The molecule has 0 spiro atoms. The van der Waals surface area contributed by atoms with E-state index in [1.165, 1.54) is 6.20 Å². The molecule has 5 rings (SSSR count). The number of H-pyrrole nitrogens is 1. The van der Waals surface area contributed by atoms with Crippen LogP contribution in [0.4, 0.5) is 11.4 Å². The van der Waals surface area contributed by atoms with Crippen molar-refractivity contribution in [3.05, 3.63) is 71.1 Å². The van der Waals surface area contributed by atoms with Gasteiger partial charge in [0, 0.05) is 12.5 Å². The molecule has 1 atom stereocenters. The topological polar surface area (TPSA) is 113 Å². The second-order valence-electron chi connectivity index (χ2n) is 7.67. The summed E-state index contributed by atoms with van der Waals surface area (Å²) in [6.07, 6.45) is 1.68. The van der Waals surface area contributed by atoms with Gasteiger partial charge < -0.3 is 15.2 Å². The first-order chi connectivity index (χ1) is 16.0. The predicted octanol–water partition coefficient (Wildman–Crippen LogP) is 2.96. The quantitative estimate of drug-likeness (QED) is 0.358. The van der Waals surface area contributed by atoms with E-state index in [1.807, 2.05) is 55.5 Å². The minimum absolute atomic E-state index is 0.0424. The summed E-state index contributed by atoms with van der Waals surface area (Å²) in [6, 6.07) is 16.3. The number of aromatic nitrogens is 4. The molecule has 0 aliphatic carbocycles. The molecule has 0 saturated heterocycles. The second-order valence-corrected chi connectivity index (χ2v) is 8.64. The number of nitrogens with one attached hydrogen (secondary N) is 2. The van der Waals surface area contributed by atoms with E-state index in [4.69, 9.17) is 0 Å². The highest BCUT2D eigenvalue weighted by atomic mass is 32.2. The van der Waals surface area contributed by atoms with Gasteiger partial charge in [-0.3, -0.25) is 14.4 Å². The molecule has 4 aromatic rings. The Morgan fingerprint density at radius 1 is 1.12 bits per heavy atom. The molecule has 0 fully saturated rings. The summed E-state index contributed by atoms with van der Waals surface area (Å²) in [6.45, 7) is 1.84. The minimum atomic E-state index is -0.319. The van der Waals surface area contributed by atoms with Crippen molar-refractivity contribution in [2.75, 3.05) is 16.0 Å². The highest BCUT2D eigenvalue weighted by Crippen LogP contribution is 2.32. The van der Waals surface area contributed by atoms with Crippen LogP contribution in [0.5, 0.6) is 0 Å². The Balaban J connectivity index is 1.42.